The lowest BCUT2D eigenvalue weighted by molar-refractivity contribution is 0.0962. The van der Waals surface area contributed by atoms with Crippen LogP contribution in [0.1, 0.15) is 49.9 Å². The Labute approximate surface area is 126 Å². The summed E-state index contributed by atoms with van der Waals surface area (Å²) >= 11 is 0. The summed E-state index contributed by atoms with van der Waals surface area (Å²) in [4.78, 5) is 14.3. The number of benzene rings is 1. The van der Waals surface area contributed by atoms with Crippen LogP contribution in [-0.2, 0) is 0 Å². The van der Waals surface area contributed by atoms with E-state index in [1.165, 1.54) is 24.3 Å². The molecular formula is C17H26FNO2. The topological polar surface area (TPSA) is 40.5 Å². The molecule has 0 radical (unpaired) electrons. The highest BCUT2D eigenvalue weighted by Gasteiger charge is 2.15. The highest BCUT2D eigenvalue weighted by Crippen LogP contribution is 2.12. The van der Waals surface area contributed by atoms with Crippen molar-refractivity contribution in [1.82, 2.24) is 4.90 Å². The first-order valence-electron chi connectivity index (χ1n) is 7.76. The summed E-state index contributed by atoms with van der Waals surface area (Å²) in [5.41, 5.74) is 0.563. The predicted molar refractivity (Wildman–Crippen MR) is 83.0 cm³/mol. The second-order valence-corrected chi connectivity index (χ2v) is 5.26. The average molecular weight is 295 g/mol. The Morgan fingerprint density at radius 2 is 1.81 bits per heavy atom. The summed E-state index contributed by atoms with van der Waals surface area (Å²) < 4.78 is 12.8. The van der Waals surface area contributed by atoms with Crippen LogP contribution in [0.25, 0.3) is 0 Å². The zero-order valence-corrected chi connectivity index (χ0v) is 13.0. The predicted octanol–water partition coefficient (Wildman–Crippen LogP) is 3.27. The third kappa shape index (κ3) is 5.94. The molecule has 3 nitrogen and oxygen atoms in total. The Hall–Kier alpha value is -1.26. The van der Waals surface area contributed by atoms with E-state index in [1.807, 2.05) is 0 Å². The van der Waals surface area contributed by atoms with Crippen LogP contribution in [-0.4, -0.2) is 41.5 Å². The van der Waals surface area contributed by atoms with E-state index >= 15 is 0 Å². The minimum absolute atomic E-state index is 0.0449. The summed E-state index contributed by atoms with van der Waals surface area (Å²) in [6.45, 7) is 5.88. The monoisotopic (exact) mass is 295 g/mol. The van der Waals surface area contributed by atoms with Crippen molar-refractivity contribution in [3.05, 3.63) is 35.6 Å². The summed E-state index contributed by atoms with van der Waals surface area (Å²) in [5, 5.41) is 9.15. The molecule has 1 aromatic rings. The van der Waals surface area contributed by atoms with E-state index < -0.39 is 0 Å². The third-order valence-electron chi connectivity index (χ3n) is 3.86. The maximum atomic E-state index is 12.8. The van der Waals surface area contributed by atoms with Crippen LogP contribution in [0, 0.1) is 5.82 Å². The van der Waals surface area contributed by atoms with E-state index in [4.69, 9.17) is 5.11 Å². The maximum Gasteiger partial charge on any atom is 0.162 e. The van der Waals surface area contributed by atoms with Gasteiger partial charge in [-0.05, 0) is 50.1 Å². The lowest BCUT2D eigenvalue weighted by Crippen LogP contribution is -2.37. The highest BCUT2D eigenvalue weighted by atomic mass is 19.1. The first-order chi connectivity index (χ1) is 10.1. The summed E-state index contributed by atoms with van der Waals surface area (Å²) in [5.74, 6) is -0.280. The molecule has 0 amide bonds. The minimum atomic E-state index is -0.325. The standard InChI is InChI=1S/C17H26FNO2/c1-3-16(4-2)19(12-13-20)11-5-6-17(21)14-7-9-15(18)10-8-14/h7-10,16,20H,3-6,11-13H2,1-2H3. The fourth-order valence-electron chi connectivity index (χ4n) is 2.63. The molecule has 1 N–H and O–H groups in total. The van der Waals surface area contributed by atoms with Gasteiger partial charge in [-0.2, -0.15) is 0 Å². The first-order valence-corrected chi connectivity index (χ1v) is 7.76. The molecule has 21 heavy (non-hydrogen) atoms. The Morgan fingerprint density at radius 1 is 1.19 bits per heavy atom. The van der Waals surface area contributed by atoms with Gasteiger partial charge < -0.3 is 5.11 Å². The number of carbonyl (C=O) groups excluding carboxylic acids is 1. The number of halogens is 1. The van der Waals surface area contributed by atoms with Crippen LogP contribution in [0.4, 0.5) is 4.39 Å². The quantitative estimate of drug-likeness (QED) is 0.673. The molecule has 118 valence electrons. The van der Waals surface area contributed by atoms with Gasteiger partial charge in [0.1, 0.15) is 5.82 Å². The number of hydrogen-bond acceptors (Lipinski definition) is 3. The summed E-state index contributed by atoms with van der Waals surface area (Å²) in [7, 11) is 0. The molecule has 0 bridgehead atoms. The number of carbonyl (C=O) groups is 1. The molecule has 4 heteroatoms. The molecule has 0 saturated heterocycles. The zero-order chi connectivity index (χ0) is 15.7. The molecule has 0 aromatic heterocycles. The number of rotatable bonds is 10. The number of aliphatic hydroxyl groups excluding tert-OH is 1. The van der Waals surface area contributed by atoms with Gasteiger partial charge in [0.05, 0.1) is 6.61 Å². The molecule has 0 saturated carbocycles. The van der Waals surface area contributed by atoms with Gasteiger partial charge in [-0.1, -0.05) is 13.8 Å². The van der Waals surface area contributed by atoms with Crippen molar-refractivity contribution < 1.29 is 14.3 Å². The minimum Gasteiger partial charge on any atom is -0.395 e. The molecule has 0 heterocycles. The number of nitrogens with zero attached hydrogens (tertiary/aromatic N) is 1. The number of Topliss-reactive ketones (excluding diaryl/α,β-unsaturated/α-hetero) is 1. The fourth-order valence-corrected chi connectivity index (χ4v) is 2.63. The smallest absolute Gasteiger partial charge is 0.162 e. The lowest BCUT2D eigenvalue weighted by Gasteiger charge is -2.29. The van der Waals surface area contributed by atoms with Gasteiger partial charge in [-0.25, -0.2) is 4.39 Å². The second-order valence-electron chi connectivity index (χ2n) is 5.26. The molecule has 0 spiro atoms. The van der Waals surface area contributed by atoms with E-state index in [0.29, 0.717) is 24.6 Å². The molecule has 0 atom stereocenters. The Morgan fingerprint density at radius 3 is 2.33 bits per heavy atom. The van der Waals surface area contributed by atoms with Crippen LogP contribution in [0.15, 0.2) is 24.3 Å². The van der Waals surface area contributed by atoms with Gasteiger partial charge in [-0.3, -0.25) is 9.69 Å². The van der Waals surface area contributed by atoms with Gasteiger partial charge >= 0.3 is 0 Å². The Bertz CT molecular complexity index is 415. The van der Waals surface area contributed by atoms with Gasteiger partial charge in [0.2, 0.25) is 0 Å². The van der Waals surface area contributed by atoms with Crippen LogP contribution in [0.5, 0.6) is 0 Å². The van der Waals surface area contributed by atoms with Crippen LogP contribution >= 0.6 is 0 Å². The fraction of sp³-hybridized carbons (Fsp3) is 0.588. The zero-order valence-electron chi connectivity index (χ0n) is 13.0. The summed E-state index contributed by atoms with van der Waals surface area (Å²) in [6, 6.07) is 6.15. The molecule has 1 rings (SSSR count). The SMILES string of the molecule is CCC(CC)N(CCO)CCCC(=O)c1ccc(F)cc1. The van der Waals surface area contributed by atoms with E-state index in [2.05, 4.69) is 18.7 Å². The third-order valence-corrected chi connectivity index (χ3v) is 3.86. The summed E-state index contributed by atoms with van der Waals surface area (Å²) in [6.07, 6.45) is 3.30. The van der Waals surface area contributed by atoms with Crippen LogP contribution in [0.2, 0.25) is 0 Å². The molecule has 1 aromatic carbocycles. The molecule has 0 unspecified atom stereocenters. The first kappa shape index (κ1) is 17.8. The normalized spacial score (nSPS) is 11.3. The molecule has 0 aliphatic rings. The Kier molecular flexibility index (Phi) is 8.16. The number of hydrogen-bond donors (Lipinski definition) is 1. The largest absolute Gasteiger partial charge is 0.395 e. The van der Waals surface area contributed by atoms with Crippen molar-refractivity contribution >= 4 is 5.78 Å². The van der Waals surface area contributed by atoms with Gasteiger partial charge in [0, 0.05) is 24.6 Å². The van der Waals surface area contributed by atoms with Gasteiger partial charge in [0.25, 0.3) is 0 Å². The second kappa shape index (κ2) is 9.64. The van der Waals surface area contributed by atoms with E-state index in [9.17, 15) is 9.18 Å². The molecule has 0 fully saturated rings. The van der Waals surface area contributed by atoms with Crippen LogP contribution in [0.3, 0.4) is 0 Å². The van der Waals surface area contributed by atoms with Crippen molar-refractivity contribution in [2.75, 3.05) is 19.7 Å². The lowest BCUT2D eigenvalue weighted by atomic mass is 10.1. The van der Waals surface area contributed by atoms with E-state index in [0.717, 1.165) is 25.8 Å². The maximum absolute atomic E-state index is 12.8. The van der Waals surface area contributed by atoms with Gasteiger partial charge in [-0.15, -0.1) is 0 Å². The highest BCUT2D eigenvalue weighted by molar-refractivity contribution is 5.95. The van der Waals surface area contributed by atoms with Gasteiger partial charge in [0.15, 0.2) is 5.78 Å². The molecule has 0 aliphatic carbocycles. The average Bonchev–Trinajstić information content (AvgIpc) is 2.49. The van der Waals surface area contributed by atoms with E-state index in [-0.39, 0.29) is 18.2 Å². The van der Waals surface area contributed by atoms with Crippen molar-refractivity contribution in [3.63, 3.8) is 0 Å². The van der Waals surface area contributed by atoms with Crippen LogP contribution < -0.4 is 0 Å². The van der Waals surface area contributed by atoms with Crippen molar-refractivity contribution in [2.24, 2.45) is 0 Å². The van der Waals surface area contributed by atoms with E-state index in [1.54, 1.807) is 0 Å². The number of aliphatic hydroxyl groups is 1. The van der Waals surface area contributed by atoms with Crippen molar-refractivity contribution in [1.29, 1.82) is 0 Å². The number of ketones is 1. The molecular weight excluding hydrogens is 269 g/mol. The molecule has 0 aliphatic heterocycles. The van der Waals surface area contributed by atoms with Crippen molar-refractivity contribution in [2.45, 2.75) is 45.6 Å². The van der Waals surface area contributed by atoms with Crippen molar-refractivity contribution in [3.8, 4) is 0 Å². The Balaban J connectivity index is 2.45.